The maximum atomic E-state index is 5.81. The maximum Gasteiger partial charge on any atom is 0.231 e. The van der Waals surface area contributed by atoms with Crippen LogP contribution in [0.4, 0.5) is 0 Å². The Hall–Kier alpha value is -1.26. The summed E-state index contributed by atoms with van der Waals surface area (Å²) in [6.45, 7) is 7.98. The fourth-order valence-corrected chi connectivity index (χ4v) is 3.10. The largest absolute Gasteiger partial charge is 0.454 e. The second-order valence-corrected chi connectivity index (χ2v) is 6.79. The van der Waals surface area contributed by atoms with Crippen LogP contribution in [-0.4, -0.2) is 52.3 Å². The van der Waals surface area contributed by atoms with E-state index >= 15 is 0 Å². The van der Waals surface area contributed by atoms with Crippen LogP contribution >= 0.6 is 24.0 Å². The number of benzene rings is 1. The molecule has 2 aliphatic heterocycles. The topological polar surface area (TPSA) is 73.3 Å². The number of fused-ring (bicyclic) bond motifs is 1. The molecule has 1 saturated heterocycles. The number of hydrogen-bond acceptors (Lipinski definition) is 5. The predicted octanol–water partition coefficient (Wildman–Crippen LogP) is 2.92. The molecule has 2 aliphatic rings. The minimum absolute atomic E-state index is 0. The zero-order valence-corrected chi connectivity index (χ0v) is 18.9. The molecule has 2 heterocycles. The lowest BCUT2D eigenvalue weighted by molar-refractivity contribution is 0.0203. The van der Waals surface area contributed by atoms with Gasteiger partial charge in [0.25, 0.3) is 0 Å². The molecular formula is C20H32IN3O4. The number of nitrogens with one attached hydrogen (secondary N) is 2. The highest BCUT2D eigenvalue weighted by Gasteiger charge is 2.14. The standard InChI is InChI=1S/C20H31N3O4.HI/c1-2-21-20(22-8-3-9-25-14-16-6-10-24-11-7-16)23-13-17-4-5-18-19(12-17)27-15-26-18;/h4-5,12,16H,2-3,6-11,13-15H2,1H3,(H2,21,22,23);1H. The summed E-state index contributed by atoms with van der Waals surface area (Å²) in [5.41, 5.74) is 1.09. The van der Waals surface area contributed by atoms with E-state index in [4.69, 9.17) is 18.9 Å². The van der Waals surface area contributed by atoms with Gasteiger partial charge in [-0.2, -0.15) is 0 Å². The highest BCUT2D eigenvalue weighted by Crippen LogP contribution is 2.32. The Kier molecular flexibility index (Phi) is 10.7. The van der Waals surface area contributed by atoms with Gasteiger partial charge in [0.15, 0.2) is 17.5 Å². The highest BCUT2D eigenvalue weighted by atomic mass is 127. The molecule has 0 aromatic heterocycles. The van der Waals surface area contributed by atoms with Crippen molar-refractivity contribution in [3.05, 3.63) is 23.8 Å². The lowest BCUT2D eigenvalue weighted by Crippen LogP contribution is -2.38. The van der Waals surface area contributed by atoms with Gasteiger partial charge in [-0.3, -0.25) is 0 Å². The number of ether oxygens (including phenoxy) is 4. The van der Waals surface area contributed by atoms with Gasteiger partial charge >= 0.3 is 0 Å². The first-order valence-corrected chi connectivity index (χ1v) is 9.91. The molecule has 0 unspecified atom stereocenters. The summed E-state index contributed by atoms with van der Waals surface area (Å²) in [5, 5.41) is 6.64. The van der Waals surface area contributed by atoms with E-state index in [1.165, 1.54) is 0 Å². The third-order valence-corrected chi connectivity index (χ3v) is 4.65. The number of nitrogens with zero attached hydrogens (tertiary/aromatic N) is 1. The van der Waals surface area contributed by atoms with Crippen molar-refractivity contribution in [3.8, 4) is 11.5 Å². The molecule has 8 heteroatoms. The molecule has 7 nitrogen and oxygen atoms in total. The lowest BCUT2D eigenvalue weighted by atomic mass is 10.0. The van der Waals surface area contributed by atoms with Gasteiger partial charge in [0.05, 0.1) is 6.54 Å². The van der Waals surface area contributed by atoms with Crippen molar-refractivity contribution in [1.29, 1.82) is 0 Å². The molecule has 0 atom stereocenters. The molecule has 0 spiro atoms. The van der Waals surface area contributed by atoms with Gasteiger partial charge in [-0.1, -0.05) is 6.07 Å². The Morgan fingerprint density at radius 2 is 2.00 bits per heavy atom. The summed E-state index contributed by atoms with van der Waals surface area (Å²) >= 11 is 0. The average Bonchev–Trinajstić information content (AvgIpc) is 3.17. The molecule has 0 amide bonds. The Balaban J connectivity index is 0.00000280. The number of hydrogen-bond donors (Lipinski definition) is 2. The summed E-state index contributed by atoms with van der Waals surface area (Å²) < 4.78 is 21.9. The fraction of sp³-hybridized carbons (Fsp3) is 0.650. The third kappa shape index (κ3) is 7.63. The van der Waals surface area contributed by atoms with Crippen LogP contribution in [0.1, 0.15) is 31.7 Å². The average molecular weight is 505 g/mol. The Morgan fingerprint density at radius 1 is 1.18 bits per heavy atom. The van der Waals surface area contributed by atoms with Gasteiger partial charge in [-0.05, 0) is 49.8 Å². The molecule has 28 heavy (non-hydrogen) atoms. The molecule has 1 aromatic rings. The molecule has 0 bridgehead atoms. The number of aliphatic imine (C=N–C) groups is 1. The molecular weight excluding hydrogens is 473 g/mol. The second-order valence-electron chi connectivity index (χ2n) is 6.79. The summed E-state index contributed by atoms with van der Waals surface area (Å²) in [4.78, 5) is 4.64. The first kappa shape index (κ1) is 23.0. The van der Waals surface area contributed by atoms with Crippen molar-refractivity contribution < 1.29 is 18.9 Å². The van der Waals surface area contributed by atoms with Crippen molar-refractivity contribution >= 4 is 29.9 Å². The van der Waals surface area contributed by atoms with Crippen molar-refractivity contribution in [2.24, 2.45) is 10.9 Å². The lowest BCUT2D eigenvalue weighted by Gasteiger charge is -2.21. The fourth-order valence-electron chi connectivity index (χ4n) is 3.10. The molecule has 0 aliphatic carbocycles. The van der Waals surface area contributed by atoms with E-state index in [-0.39, 0.29) is 24.0 Å². The van der Waals surface area contributed by atoms with Crippen LogP contribution in [0.5, 0.6) is 11.5 Å². The van der Waals surface area contributed by atoms with Crippen LogP contribution in [0.2, 0.25) is 0 Å². The van der Waals surface area contributed by atoms with E-state index in [0.29, 0.717) is 19.3 Å². The van der Waals surface area contributed by atoms with Crippen molar-refractivity contribution in [2.75, 3.05) is 46.3 Å². The third-order valence-electron chi connectivity index (χ3n) is 4.65. The molecule has 0 radical (unpaired) electrons. The summed E-state index contributed by atoms with van der Waals surface area (Å²) in [7, 11) is 0. The van der Waals surface area contributed by atoms with Gasteiger partial charge in [0.2, 0.25) is 6.79 Å². The van der Waals surface area contributed by atoms with Gasteiger partial charge in [-0.25, -0.2) is 4.99 Å². The normalized spacial score (nSPS) is 16.5. The molecule has 1 fully saturated rings. The summed E-state index contributed by atoms with van der Waals surface area (Å²) in [6, 6.07) is 5.94. The summed E-state index contributed by atoms with van der Waals surface area (Å²) in [6.07, 6.45) is 3.20. The van der Waals surface area contributed by atoms with E-state index in [1.54, 1.807) is 0 Å². The highest BCUT2D eigenvalue weighted by molar-refractivity contribution is 14.0. The smallest absolute Gasteiger partial charge is 0.231 e. The van der Waals surface area contributed by atoms with E-state index in [1.807, 2.05) is 18.2 Å². The monoisotopic (exact) mass is 505 g/mol. The SMILES string of the molecule is CCNC(=NCc1ccc2c(c1)OCO2)NCCCOCC1CCOCC1.I. The van der Waals surface area contributed by atoms with Crippen LogP contribution < -0.4 is 20.1 Å². The molecule has 2 N–H and O–H groups in total. The number of rotatable bonds is 9. The zero-order valence-electron chi connectivity index (χ0n) is 16.6. The molecule has 1 aromatic carbocycles. The van der Waals surface area contributed by atoms with Crippen LogP contribution in [-0.2, 0) is 16.0 Å². The Labute approximate surface area is 184 Å². The zero-order chi connectivity index (χ0) is 18.7. The number of halogens is 1. The van der Waals surface area contributed by atoms with Crippen molar-refractivity contribution in [3.63, 3.8) is 0 Å². The second kappa shape index (κ2) is 13.1. The van der Waals surface area contributed by atoms with Crippen LogP contribution in [0, 0.1) is 5.92 Å². The van der Waals surface area contributed by atoms with Crippen LogP contribution in [0.3, 0.4) is 0 Å². The van der Waals surface area contributed by atoms with E-state index in [0.717, 1.165) is 81.8 Å². The van der Waals surface area contributed by atoms with Gasteiger partial charge in [0.1, 0.15) is 0 Å². The van der Waals surface area contributed by atoms with Crippen LogP contribution in [0.15, 0.2) is 23.2 Å². The van der Waals surface area contributed by atoms with E-state index in [9.17, 15) is 0 Å². The van der Waals surface area contributed by atoms with Gasteiger partial charge in [-0.15, -0.1) is 24.0 Å². The van der Waals surface area contributed by atoms with Gasteiger partial charge < -0.3 is 29.6 Å². The minimum Gasteiger partial charge on any atom is -0.454 e. The van der Waals surface area contributed by atoms with Crippen molar-refractivity contribution in [2.45, 2.75) is 32.7 Å². The Morgan fingerprint density at radius 3 is 2.82 bits per heavy atom. The van der Waals surface area contributed by atoms with E-state index < -0.39 is 0 Å². The molecule has 0 saturated carbocycles. The van der Waals surface area contributed by atoms with Crippen LogP contribution in [0.25, 0.3) is 0 Å². The summed E-state index contributed by atoms with van der Waals surface area (Å²) in [5.74, 6) is 3.07. The van der Waals surface area contributed by atoms with Crippen molar-refractivity contribution in [1.82, 2.24) is 10.6 Å². The van der Waals surface area contributed by atoms with Gasteiger partial charge in [0, 0.05) is 39.5 Å². The van der Waals surface area contributed by atoms with E-state index in [2.05, 4.69) is 22.5 Å². The first-order valence-electron chi connectivity index (χ1n) is 9.91. The quantitative estimate of drug-likeness (QED) is 0.233. The molecule has 3 rings (SSSR count). The Bertz CT molecular complexity index is 609. The number of guanidine groups is 1. The predicted molar refractivity (Wildman–Crippen MR) is 120 cm³/mol. The minimum atomic E-state index is 0. The maximum absolute atomic E-state index is 5.81. The first-order chi connectivity index (χ1) is 13.3. The molecule has 158 valence electrons.